The monoisotopic (exact) mass is 354 g/mol. The van der Waals surface area contributed by atoms with Crippen molar-refractivity contribution in [1.29, 1.82) is 0 Å². The van der Waals surface area contributed by atoms with E-state index in [0.29, 0.717) is 6.04 Å². The number of likely N-dealkylation sites (tertiary alicyclic amines) is 1. The lowest BCUT2D eigenvalue weighted by molar-refractivity contribution is 0.153. The van der Waals surface area contributed by atoms with Crippen molar-refractivity contribution >= 4 is 15.9 Å². The third-order valence-corrected chi connectivity index (χ3v) is 4.69. The van der Waals surface area contributed by atoms with Crippen molar-refractivity contribution in [3.63, 3.8) is 0 Å². The lowest BCUT2D eigenvalue weighted by Crippen LogP contribution is -2.37. The number of piperidine rings is 1. The van der Waals surface area contributed by atoms with Gasteiger partial charge in [-0.15, -0.1) is 0 Å². The van der Waals surface area contributed by atoms with Crippen LogP contribution in [-0.4, -0.2) is 37.2 Å². The number of nitrogens with zero attached hydrogens (tertiary/aromatic N) is 1. The summed E-state index contributed by atoms with van der Waals surface area (Å²) in [4.78, 5) is 2.47. The van der Waals surface area contributed by atoms with Gasteiger partial charge in [0.2, 0.25) is 0 Å². The maximum atomic E-state index is 6.04. The van der Waals surface area contributed by atoms with E-state index in [0.717, 1.165) is 29.7 Å². The van der Waals surface area contributed by atoms with Crippen LogP contribution in [0.1, 0.15) is 38.2 Å². The average molecular weight is 355 g/mol. The SMILES string of the molecule is CC(N)Cc1cc(Br)ccc1OCCC1CCCCN1C. The molecule has 1 saturated heterocycles. The number of ether oxygens (including phenoxy) is 1. The smallest absolute Gasteiger partial charge is 0.122 e. The number of benzene rings is 1. The fourth-order valence-corrected chi connectivity index (χ4v) is 3.42. The standard InChI is InChI=1S/C17H27BrN2O/c1-13(19)11-14-12-15(18)6-7-17(14)21-10-8-16-5-3-4-9-20(16)2/h6-7,12-13,16H,3-5,8-11,19H2,1-2H3. The Bertz CT molecular complexity index is 450. The first-order valence-corrected chi connectivity index (χ1v) is 8.72. The Labute approximate surface area is 137 Å². The van der Waals surface area contributed by atoms with Crippen LogP contribution < -0.4 is 10.5 Å². The van der Waals surface area contributed by atoms with Crippen LogP contribution in [0.25, 0.3) is 0 Å². The second-order valence-electron chi connectivity index (χ2n) is 6.20. The summed E-state index contributed by atoms with van der Waals surface area (Å²) >= 11 is 3.52. The summed E-state index contributed by atoms with van der Waals surface area (Å²) in [5.41, 5.74) is 7.12. The molecule has 118 valence electrons. The molecule has 1 aromatic carbocycles. The molecule has 2 rings (SSSR count). The Balaban J connectivity index is 1.90. The summed E-state index contributed by atoms with van der Waals surface area (Å²) in [5.74, 6) is 0.981. The van der Waals surface area contributed by atoms with Crippen LogP contribution in [0.4, 0.5) is 0 Å². The van der Waals surface area contributed by atoms with Crippen LogP contribution in [-0.2, 0) is 6.42 Å². The molecule has 3 nitrogen and oxygen atoms in total. The van der Waals surface area contributed by atoms with Gasteiger partial charge in [-0.25, -0.2) is 0 Å². The van der Waals surface area contributed by atoms with Crippen molar-refractivity contribution in [2.24, 2.45) is 5.73 Å². The molecule has 1 aliphatic heterocycles. The number of hydrogen-bond donors (Lipinski definition) is 1. The first kappa shape index (κ1) is 16.8. The second-order valence-corrected chi connectivity index (χ2v) is 7.12. The number of hydrogen-bond acceptors (Lipinski definition) is 3. The molecule has 1 heterocycles. The van der Waals surface area contributed by atoms with Gasteiger partial charge in [0.25, 0.3) is 0 Å². The minimum absolute atomic E-state index is 0.145. The Hall–Kier alpha value is -0.580. The maximum Gasteiger partial charge on any atom is 0.122 e. The topological polar surface area (TPSA) is 38.5 Å². The van der Waals surface area contributed by atoms with Gasteiger partial charge in [0.1, 0.15) is 5.75 Å². The molecule has 0 amide bonds. The van der Waals surface area contributed by atoms with E-state index < -0.39 is 0 Å². The van der Waals surface area contributed by atoms with Gasteiger partial charge in [-0.3, -0.25) is 0 Å². The van der Waals surface area contributed by atoms with Crippen molar-refractivity contribution in [3.05, 3.63) is 28.2 Å². The average Bonchev–Trinajstić information content (AvgIpc) is 2.42. The fourth-order valence-electron chi connectivity index (χ4n) is 3.01. The lowest BCUT2D eigenvalue weighted by atomic mass is 10.0. The van der Waals surface area contributed by atoms with Gasteiger partial charge < -0.3 is 15.4 Å². The van der Waals surface area contributed by atoms with E-state index in [-0.39, 0.29) is 6.04 Å². The van der Waals surface area contributed by atoms with Gasteiger partial charge in [0, 0.05) is 16.6 Å². The van der Waals surface area contributed by atoms with Crippen LogP contribution in [0.2, 0.25) is 0 Å². The fraction of sp³-hybridized carbons (Fsp3) is 0.647. The maximum absolute atomic E-state index is 6.04. The molecule has 1 fully saturated rings. The highest BCUT2D eigenvalue weighted by Crippen LogP contribution is 2.25. The molecule has 0 radical (unpaired) electrons. The summed E-state index contributed by atoms with van der Waals surface area (Å²) in [7, 11) is 2.23. The molecule has 2 N–H and O–H groups in total. The molecular formula is C17H27BrN2O. The minimum Gasteiger partial charge on any atom is -0.493 e. The summed E-state index contributed by atoms with van der Waals surface area (Å²) in [6, 6.07) is 7.02. The molecule has 2 unspecified atom stereocenters. The van der Waals surface area contributed by atoms with Crippen LogP contribution >= 0.6 is 15.9 Å². The van der Waals surface area contributed by atoms with Crippen molar-refractivity contribution in [3.8, 4) is 5.75 Å². The van der Waals surface area contributed by atoms with Gasteiger partial charge >= 0.3 is 0 Å². The van der Waals surface area contributed by atoms with E-state index in [4.69, 9.17) is 10.5 Å². The normalized spacial score (nSPS) is 21.2. The first-order valence-electron chi connectivity index (χ1n) is 7.93. The van der Waals surface area contributed by atoms with E-state index in [1.807, 2.05) is 19.1 Å². The highest BCUT2D eigenvalue weighted by Gasteiger charge is 2.18. The van der Waals surface area contributed by atoms with Crippen LogP contribution in [0.3, 0.4) is 0 Å². The van der Waals surface area contributed by atoms with Gasteiger partial charge in [-0.05, 0) is 70.0 Å². The lowest BCUT2D eigenvalue weighted by Gasteiger charge is -2.32. The van der Waals surface area contributed by atoms with Crippen LogP contribution in [0.15, 0.2) is 22.7 Å². The van der Waals surface area contributed by atoms with E-state index in [1.165, 1.54) is 31.4 Å². The zero-order chi connectivity index (χ0) is 15.2. The molecule has 1 aromatic rings. The molecular weight excluding hydrogens is 328 g/mol. The summed E-state index contributed by atoms with van der Waals surface area (Å²) in [6.07, 6.45) is 5.93. The number of nitrogens with two attached hydrogens (primary N) is 1. The van der Waals surface area contributed by atoms with Gasteiger partial charge in [0.05, 0.1) is 6.61 Å². The van der Waals surface area contributed by atoms with Crippen LogP contribution in [0, 0.1) is 0 Å². The summed E-state index contributed by atoms with van der Waals surface area (Å²) < 4.78 is 7.12. The largest absolute Gasteiger partial charge is 0.493 e. The van der Waals surface area contributed by atoms with E-state index >= 15 is 0 Å². The zero-order valence-electron chi connectivity index (χ0n) is 13.1. The van der Waals surface area contributed by atoms with Crippen molar-refractivity contribution in [2.75, 3.05) is 20.2 Å². The van der Waals surface area contributed by atoms with Crippen molar-refractivity contribution in [1.82, 2.24) is 4.90 Å². The van der Waals surface area contributed by atoms with Gasteiger partial charge in [-0.1, -0.05) is 22.4 Å². The first-order chi connectivity index (χ1) is 10.1. The minimum atomic E-state index is 0.145. The molecule has 0 spiro atoms. The molecule has 21 heavy (non-hydrogen) atoms. The predicted octanol–water partition coefficient (Wildman–Crippen LogP) is 3.59. The van der Waals surface area contributed by atoms with E-state index in [9.17, 15) is 0 Å². The highest BCUT2D eigenvalue weighted by atomic mass is 79.9. The molecule has 1 aliphatic rings. The van der Waals surface area contributed by atoms with Crippen molar-refractivity contribution < 1.29 is 4.74 Å². The van der Waals surface area contributed by atoms with Gasteiger partial charge in [0.15, 0.2) is 0 Å². The van der Waals surface area contributed by atoms with Gasteiger partial charge in [-0.2, -0.15) is 0 Å². The highest BCUT2D eigenvalue weighted by molar-refractivity contribution is 9.10. The molecule has 0 saturated carbocycles. The summed E-state index contributed by atoms with van der Waals surface area (Å²) in [5, 5.41) is 0. The Kier molecular flexibility index (Phi) is 6.52. The summed E-state index contributed by atoms with van der Waals surface area (Å²) in [6.45, 7) is 4.03. The molecule has 0 bridgehead atoms. The van der Waals surface area contributed by atoms with Crippen LogP contribution in [0.5, 0.6) is 5.75 Å². The van der Waals surface area contributed by atoms with E-state index in [2.05, 4.69) is 33.9 Å². The third-order valence-electron chi connectivity index (χ3n) is 4.19. The third kappa shape index (κ3) is 5.28. The van der Waals surface area contributed by atoms with E-state index in [1.54, 1.807) is 0 Å². The molecule has 2 atom stereocenters. The zero-order valence-corrected chi connectivity index (χ0v) is 14.7. The molecule has 0 aromatic heterocycles. The number of rotatable bonds is 6. The van der Waals surface area contributed by atoms with Crippen molar-refractivity contribution in [2.45, 2.75) is 51.1 Å². The molecule has 4 heteroatoms. The number of halogens is 1. The Morgan fingerprint density at radius 3 is 2.95 bits per heavy atom. The molecule has 0 aliphatic carbocycles. The predicted molar refractivity (Wildman–Crippen MR) is 91.9 cm³/mol. The Morgan fingerprint density at radius 2 is 2.24 bits per heavy atom. The Morgan fingerprint density at radius 1 is 1.43 bits per heavy atom. The second kappa shape index (κ2) is 8.16. The quantitative estimate of drug-likeness (QED) is 0.848.